The number of carboxylic acids is 1. The van der Waals surface area contributed by atoms with E-state index in [2.05, 4.69) is 4.72 Å². The van der Waals surface area contributed by atoms with Crippen molar-refractivity contribution in [2.75, 3.05) is 6.54 Å². The van der Waals surface area contributed by atoms with Crippen LogP contribution in [0.5, 0.6) is 0 Å². The van der Waals surface area contributed by atoms with Crippen molar-refractivity contribution in [2.24, 2.45) is 0 Å². The van der Waals surface area contributed by atoms with Crippen LogP contribution >= 0.6 is 11.3 Å². The molecular formula is C11H12N2O4S2. The first-order valence-corrected chi connectivity index (χ1v) is 7.72. The highest BCUT2D eigenvalue weighted by atomic mass is 32.2. The van der Waals surface area contributed by atoms with Gasteiger partial charge in [0.1, 0.15) is 9.09 Å². The molecule has 2 heterocycles. The summed E-state index contributed by atoms with van der Waals surface area (Å²) in [5, 5.41) is 8.76. The predicted molar refractivity (Wildman–Crippen MR) is 70.9 cm³/mol. The van der Waals surface area contributed by atoms with Crippen molar-refractivity contribution in [3.63, 3.8) is 0 Å². The number of hydrogen-bond donors (Lipinski definition) is 2. The Kier molecular flexibility index (Phi) is 4.03. The van der Waals surface area contributed by atoms with E-state index in [1.165, 1.54) is 12.1 Å². The van der Waals surface area contributed by atoms with Crippen molar-refractivity contribution in [1.82, 2.24) is 9.29 Å². The molecule has 2 aromatic heterocycles. The molecule has 0 amide bonds. The fraction of sp³-hybridized carbons (Fsp3) is 0.182. The number of carboxylic acid groups (broad SMARTS) is 1. The normalized spacial score (nSPS) is 11.6. The van der Waals surface area contributed by atoms with Gasteiger partial charge in [-0.3, -0.25) is 0 Å². The lowest BCUT2D eigenvalue weighted by Gasteiger charge is -2.05. The summed E-state index contributed by atoms with van der Waals surface area (Å²) in [7, 11) is -3.63. The van der Waals surface area contributed by atoms with Crippen LogP contribution in [0.3, 0.4) is 0 Å². The first-order chi connectivity index (χ1) is 8.99. The minimum atomic E-state index is -3.63. The second-order valence-corrected chi connectivity index (χ2v) is 6.82. The zero-order chi connectivity index (χ0) is 13.9. The van der Waals surface area contributed by atoms with Crippen molar-refractivity contribution in [3.8, 4) is 0 Å². The van der Waals surface area contributed by atoms with Gasteiger partial charge in [0.25, 0.3) is 0 Å². The van der Waals surface area contributed by atoms with Crippen LogP contribution in [0.1, 0.15) is 9.67 Å². The third kappa shape index (κ3) is 3.43. The second-order valence-electron chi connectivity index (χ2n) is 3.74. The number of sulfonamides is 1. The van der Waals surface area contributed by atoms with Crippen LogP contribution in [0.2, 0.25) is 0 Å². The average molecular weight is 300 g/mol. The Balaban J connectivity index is 1.99. The molecule has 0 bridgehead atoms. The number of nitrogens with zero attached hydrogens (tertiary/aromatic N) is 1. The molecule has 2 rings (SSSR count). The minimum Gasteiger partial charge on any atom is -0.477 e. The third-order valence-corrected chi connectivity index (χ3v) is 5.41. The van der Waals surface area contributed by atoms with E-state index >= 15 is 0 Å². The summed E-state index contributed by atoms with van der Waals surface area (Å²) in [6, 6.07) is 6.29. The molecule has 0 unspecified atom stereocenters. The molecule has 0 saturated carbocycles. The van der Waals surface area contributed by atoms with Gasteiger partial charge in [0.15, 0.2) is 0 Å². The highest BCUT2D eigenvalue weighted by Gasteiger charge is 2.18. The largest absolute Gasteiger partial charge is 0.477 e. The Morgan fingerprint density at radius 1 is 1.32 bits per heavy atom. The molecule has 6 nitrogen and oxygen atoms in total. The molecule has 2 N–H and O–H groups in total. The van der Waals surface area contributed by atoms with E-state index in [4.69, 9.17) is 5.11 Å². The fourth-order valence-electron chi connectivity index (χ4n) is 1.48. The van der Waals surface area contributed by atoms with Gasteiger partial charge in [-0.2, -0.15) is 0 Å². The van der Waals surface area contributed by atoms with Crippen LogP contribution < -0.4 is 4.72 Å². The smallest absolute Gasteiger partial charge is 0.345 e. The van der Waals surface area contributed by atoms with Gasteiger partial charge in [-0.1, -0.05) is 0 Å². The van der Waals surface area contributed by atoms with E-state index in [1.807, 2.05) is 29.1 Å². The first-order valence-electron chi connectivity index (χ1n) is 5.42. The lowest BCUT2D eigenvalue weighted by atomic mass is 10.5. The summed E-state index contributed by atoms with van der Waals surface area (Å²) in [5.41, 5.74) is 0. The van der Waals surface area contributed by atoms with Gasteiger partial charge in [-0.15, -0.1) is 11.3 Å². The molecule has 102 valence electrons. The van der Waals surface area contributed by atoms with E-state index in [0.717, 1.165) is 11.3 Å². The van der Waals surface area contributed by atoms with E-state index in [0.29, 0.717) is 6.54 Å². The number of aromatic nitrogens is 1. The van der Waals surface area contributed by atoms with Crippen molar-refractivity contribution in [2.45, 2.75) is 10.8 Å². The van der Waals surface area contributed by atoms with Crippen LogP contribution in [0.25, 0.3) is 0 Å². The van der Waals surface area contributed by atoms with Gasteiger partial charge >= 0.3 is 5.97 Å². The summed E-state index contributed by atoms with van der Waals surface area (Å²) in [5.74, 6) is -1.13. The Bertz CT molecular complexity index is 659. The average Bonchev–Trinajstić information content (AvgIpc) is 2.99. The lowest BCUT2D eigenvalue weighted by molar-refractivity contribution is 0.0702. The summed E-state index contributed by atoms with van der Waals surface area (Å²) < 4.78 is 28.1. The minimum absolute atomic E-state index is 0.00536. The zero-order valence-corrected chi connectivity index (χ0v) is 11.4. The van der Waals surface area contributed by atoms with Crippen molar-refractivity contribution in [3.05, 3.63) is 41.5 Å². The van der Waals surface area contributed by atoms with Crippen LogP contribution in [0.4, 0.5) is 0 Å². The topological polar surface area (TPSA) is 88.4 Å². The highest BCUT2D eigenvalue weighted by Crippen LogP contribution is 2.21. The molecule has 0 atom stereocenters. The Morgan fingerprint density at radius 2 is 2.00 bits per heavy atom. The standard InChI is InChI=1S/C11H12N2O4S2/c14-11(15)9-3-4-10(18-9)19(16,17)12-5-8-13-6-1-2-7-13/h1-4,6-7,12H,5,8H2,(H,14,15). The Hall–Kier alpha value is -1.64. The molecule has 0 saturated heterocycles. The molecule has 19 heavy (non-hydrogen) atoms. The summed E-state index contributed by atoms with van der Waals surface area (Å²) in [6.07, 6.45) is 3.67. The van der Waals surface area contributed by atoms with Gasteiger partial charge in [0.2, 0.25) is 10.0 Å². The van der Waals surface area contributed by atoms with E-state index in [1.54, 1.807) is 0 Å². The maximum Gasteiger partial charge on any atom is 0.345 e. The van der Waals surface area contributed by atoms with Crippen LogP contribution in [0, 0.1) is 0 Å². The molecule has 0 radical (unpaired) electrons. The maximum absolute atomic E-state index is 11.9. The first kappa shape index (κ1) is 13.8. The number of aromatic carboxylic acids is 1. The molecule has 0 aliphatic carbocycles. The summed E-state index contributed by atoms with van der Waals surface area (Å²) in [6.45, 7) is 0.765. The summed E-state index contributed by atoms with van der Waals surface area (Å²) in [4.78, 5) is 10.7. The molecule has 0 fully saturated rings. The third-order valence-electron chi connectivity index (χ3n) is 2.39. The highest BCUT2D eigenvalue weighted by molar-refractivity contribution is 7.91. The molecule has 0 aliphatic heterocycles. The Labute approximate surface area is 114 Å². The van der Waals surface area contributed by atoms with Gasteiger partial charge in [0.05, 0.1) is 0 Å². The molecular weight excluding hydrogens is 288 g/mol. The van der Waals surface area contributed by atoms with Crippen LogP contribution in [-0.4, -0.2) is 30.6 Å². The number of thiophene rings is 1. The van der Waals surface area contributed by atoms with Gasteiger partial charge in [-0.05, 0) is 24.3 Å². The number of carbonyl (C=O) groups is 1. The molecule has 0 aliphatic rings. The van der Waals surface area contributed by atoms with Crippen LogP contribution in [0.15, 0.2) is 40.9 Å². The lowest BCUT2D eigenvalue weighted by Crippen LogP contribution is -2.26. The predicted octanol–water partition coefficient (Wildman–Crippen LogP) is 1.23. The van der Waals surface area contributed by atoms with Crippen LogP contribution in [-0.2, 0) is 16.6 Å². The van der Waals surface area contributed by atoms with Gasteiger partial charge in [0, 0.05) is 25.5 Å². The van der Waals surface area contributed by atoms with E-state index in [9.17, 15) is 13.2 Å². The number of hydrogen-bond acceptors (Lipinski definition) is 4. The summed E-state index contributed by atoms with van der Waals surface area (Å²) >= 11 is 0.739. The van der Waals surface area contributed by atoms with Crippen molar-refractivity contribution >= 4 is 27.3 Å². The maximum atomic E-state index is 11.9. The SMILES string of the molecule is O=C(O)c1ccc(S(=O)(=O)NCCn2cccc2)s1. The monoisotopic (exact) mass is 300 g/mol. The van der Waals surface area contributed by atoms with E-state index in [-0.39, 0.29) is 15.6 Å². The molecule has 8 heteroatoms. The quantitative estimate of drug-likeness (QED) is 0.839. The Morgan fingerprint density at radius 3 is 2.58 bits per heavy atom. The molecule has 0 spiro atoms. The number of rotatable bonds is 6. The molecule has 2 aromatic rings. The van der Waals surface area contributed by atoms with Crippen molar-refractivity contribution in [1.29, 1.82) is 0 Å². The van der Waals surface area contributed by atoms with E-state index < -0.39 is 16.0 Å². The van der Waals surface area contributed by atoms with Gasteiger partial charge < -0.3 is 9.67 Å². The zero-order valence-electron chi connectivity index (χ0n) is 9.81. The molecule has 0 aromatic carbocycles. The number of nitrogens with one attached hydrogen (secondary N) is 1. The fourth-order valence-corrected chi connectivity index (χ4v) is 3.69. The van der Waals surface area contributed by atoms with Crippen molar-refractivity contribution < 1.29 is 18.3 Å². The second kappa shape index (κ2) is 5.55. The van der Waals surface area contributed by atoms with Gasteiger partial charge in [-0.25, -0.2) is 17.9 Å².